The van der Waals surface area contributed by atoms with Crippen molar-refractivity contribution in [2.75, 3.05) is 11.1 Å². The van der Waals surface area contributed by atoms with Gasteiger partial charge in [0.05, 0.1) is 0 Å². The molecule has 0 unspecified atom stereocenters. The SMILES string of the molecule is Nc1cc2c(cc1S)NC(=O)CC2. The zero-order valence-corrected chi connectivity index (χ0v) is 7.90. The molecule has 0 atom stereocenters. The van der Waals surface area contributed by atoms with Crippen LogP contribution in [0.4, 0.5) is 11.4 Å². The second-order valence-corrected chi connectivity index (χ2v) is 3.60. The highest BCUT2D eigenvalue weighted by Crippen LogP contribution is 2.29. The summed E-state index contributed by atoms with van der Waals surface area (Å²) in [6.45, 7) is 0. The molecule has 0 saturated carbocycles. The molecule has 1 heterocycles. The number of carbonyl (C=O) groups is 1. The van der Waals surface area contributed by atoms with Gasteiger partial charge in [0, 0.05) is 22.7 Å². The molecule has 0 fully saturated rings. The molecule has 1 aliphatic heterocycles. The summed E-state index contributed by atoms with van der Waals surface area (Å²) in [6.07, 6.45) is 1.30. The van der Waals surface area contributed by atoms with E-state index in [4.69, 9.17) is 5.73 Å². The number of fused-ring (bicyclic) bond motifs is 1. The molecule has 13 heavy (non-hydrogen) atoms. The number of nitrogens with one attached hydrogen (secondary N) is 1. The zero-order valence-electron chi connectivity index (χ0n) is 7.00. The fourth-order valence-electron chi connectivity index (χ4n) is 1.44. The van der Waals surface area contributed by atoms with E-state index in [9.17, 15) is 4.79 Å². The fourth-order valence-corrected chi connectivity index (χ4v) is 1.63. The Hall–Kier alpha value is -1.16. The quantitative estimate of drug-likeness (QED) is 0.432. The van der Waals surface area contributed by atoms with Crippen molar-refractivity contribution in [3.63, 3.8) is 0 Å². The van der Waals surface area contributed by atoms with E-state index in [0.717, 1.165) is 17.7 Å². The summed E-state index contributed by atoms with van der Waals surface area (Å²) in [4.78, 5) is 11.8. The largest absolute Gasteiger partial charge is 0.398 e. The van der Waals surface area contributed by atoms with Crippen LogP contribution in [-0.4, -0.2) is 5.91 Å². The van der Waals surface area contributed by atoms with E-state index >= 15 is 0 Å². The van der Waals surface area contributed by atoms with E-state index in [1.807, 2.05) is 6.07 Å². The first kappa shape index (κ1) is 8.44. The lowest BCUT2D eigenvalue weighted by Gasteiger charge is -2.17. The molecule has 0 spiro atoms. The van der Waals surface area contributed by atoms with Crippen LogP contribution in [0.3, 0.4) is 0 Å². The van der Waals surface area contributed by atoms with Crippen LogP contribution in [0.15, 0.2) is 17.0 Å². The van der Waals surface area contributed by atoms with Crippen molar-refractivity contribution < 1.29 is 4.79 Å². The molecule has 3 N–H and O–H groups in total. The maximum Gasteiger partial charge on any atom is 0.224 e. The van der Waals surface area contributed by atoms with Gasteiger partial charge in [0.25, 0.3) is 0 Å². The van der Waals surface area contributed by atoms with E-state index in [-0.39, 0.29) is 5.91 Å². The maximum atomic E-state index is 11.1. The van der Waals surface area contributed by atoms with Crippen LogP contribution in [0.5, 0.6) is 0 Å². The van der Waals surface area contributed by atoms with Gasteiger partial charge in [-0.3, -0.25) is 4.79 Å². The predicted octanol–water partition coefficient (Wildman–Crippen LogP) is 1.44. The summed E-state index contributed by atoms with van der Waals surface area (Å²) >= 11 is 4.18. The average molecular weight is 194 g/mol. The first-order valence-corrected chi connectivity index (χ1v) is 4.53. The minimum absolute atomic E-state index is 0.0602. The lowest BCUT2D eigenvalue weighted by molar-refractivity contribution is -0.116. The first-order chi connectivity index (χ1) is 6.16. The van der Waals surface area contributed by atoms with E-state index < -0.39 is 0 Å². The molecule has 1 aromatic carbocycles. The van der Waals surface area contributed by atoms with Crippen LogP contribution in [-0.2, 0) is 11.2 Å². The van der Waals surface area contributed by atoms with Crippen LogP contribution in [0.1, 0.15) is 12.0 Å². The van der Waals surface area contributed by atoms with E-state index in [0.29, 0.717) is 17.0 Å². The first-order valence-electron chi connectivity index (χ1n) is 4.08. The fraction of sp³-hybridized carbons (Fsp3) is 0.222. The molecule has 0 bridgehead atoms. The van der Waals surface area contributed by atoms with Gasteiger partial charge in [-0.1, -0.05) is 0 Å². The van der Waals surface area contributed by atoms with E-state index in [2.05, 4.69) is 17.9 Å². The number of nitrogens with two attached hydrogens (primary N) is 1. The summed E-state index contributed by atoms with van der Waals surface area (Å²) in [6, 6.07) is 3.67. The predicted molar refractivity (Wildman–Crippen MR) is 55.1 cm³/mol. The summed E-state index contributed by atoms with van der Waals surface area (Å²) in [5.74, 6) is 0.0602. The third-order valence-corrected chi connectivity index (χ3v) is 2.54. The van der Waals surface area contributed by atoms with Gasteiger partial charge in [0.1, 0.15) is 0 Å². The van der Waals surface area contributed by atoms with Gasteiger partial charge in [-0.05, 0) is 24.1 Å². The number of amides is 1. The normalized spacial score (nSPS) is 15.0. The minimum Gasteiger partial charge on any atom is -0.398 e. The topological polar surface area (TPSA) is 55.1 Å². The molecule has 4 heteroatoms. The lowest BCUT2D eigenvalue weighted by atomic mass is 10.0. The van der Waals surface area contributed by atoms with Crippen LogP contribution in [0.25, 0.3) is 0 Å². The van der Waals surface area contributed by atoms with E-state index in [1.54, 1.807) is 6.07 Å². The van der Waals surface area contributed by atoms with Gasteiger partial charge >= 0.3 is 0 Å². The Labute approximate surface area is 81.7 Å². The maximum absolute atomic E-state index is 11.1. The lowest BCUT2D eigenvalue weighted by Crippen LogP contribution is -2.19. The summed E-state index contributed by atoms with van der Waals surface area (Å²) < 4.78 is 0. The van der Waals surface area contributed by atoms with Crippen molar-refractivity contribution in [2.45, 2.75) is 17.7 Å². The standard InChI is InChI=1S/C9H10N2OS/c10-6-3-5-1-2-9(12)11-7(5)4-8(6)13/h3-4,13H,1-2,10H2,(H,11,12). The van der Waals surface area contributed by atoms with E-state index in [1.165, 1.54) is 0 Å². The number of carbonyl (C=O) groups excluding carboxylic acids is 1. The third kappa shape index (κ3) is 1.49. The molecule has 1 aliphatic rings. The number of hydrogen-bond acceptors (Lipinski definition) is 3. The second kappa shape index (κ2) is 2.96. The number of hydrogen-bond donors (Lipinski definition) is 3. The molecule has 0 saturated heterocycles. The molecule has 3 nitrogen and oxygen atoms in total. The number of anilines is 2. The highest BCUT2D eigenvalue weighted by atomic mass is 32.1. The van der Waals surface area contributed by atoms with Crippen LogP contribution in [0, 0.1) is 0 Å². The Balaban J connectivity index is 2.49. The van der Waals surface area contributed by atoms with Crippen molar-refractivity contribution in [3.05, 3.63) is 17.7 Å². The molecule has 1 aromatic rings. The number of thiol groups is 1. The number of nitrogen functional groups attached to an aromatic ring is 1. The highest BCUT2D eigenvalue weighted by molar-refractivity contribution is 7.80. The van der Waals surface area contributed by atoms with Gasteiger partial charge in [0.15, 0.2) is 0 Å². The number of aryl methyl sites for hydroxylation is 1. The Morgan fingerprint density at radius 1 is 1.38 bits per heavy atom. The Bertz CT molecular complexity index is 376. The van der Waals surface area contributed by atoms with Crippen molar-refractivity contribution >= 4 is 29.9 Å². The van der Waals surface area contributed by atoms with Gasteiger partial charge in [-0.25, -0.2) is 0 Å². The van der Waals surface area contributed by atoms with Crippen molar-refractivity contribution in [1.82, 2.24) is 0 Å². The van der Waals surface area contributed by atoms with Gasteiger partial charge in [0.2, 0.25) is 5.91 Å². The average Bonchev–Trinajstić information content (AvgIpc) is 2.08. The molecule has 0 aliphatic carbocycles. The second-order valence-electron chi connectivity index (χ2n) is 3.12. The van der Waals surface area contributed by atoms with Gasteiger partial charge in [-0.2, -0.15) is 0 Å². The molecular weight excluding hydrogens is 184 g/mol. The summed E-state index contributed by atoms with van der Waals surface area (Å²) in [5.41, 5.74) is 8.29. The van der Waals surface area contributed by atoms with Crippen LogP contribution < -0.4 is 11.1 Å². The summed E-state index contributed by atoms with van der Waals surface area (Å²) in [7, 11) is 0. The molecule has 1 amide bonds. The molecule has 0 aromatic heterocycles. The molecular formula is C9H10N2OS. The smallest absolute Gasteiger partial charge is 0.224 e. The van der Waals surface area contributed by atoms with Crippen molar-refractivity contribution in [2.24, 2.45) is 0 Å². The molecule has 68 valence electrons. The molecule has 2 rings (SSSR count). The number of rotatable bonds is 0. The summed E-state index contributed by atoms with van der Waals surface area (Å²) in [5, 5.41) is 2.78. The van der Waals surface area contributed by atoms with Crippen molar-refractivity contribution in [3.8, 4) is 0 Å². The van der Waals surface area contributed by atoms with Crippen LogP contribution in [0.2, 0.25) is 0 Å². The molecule has 0 radical (unpaired) electrons. The van der Waals surface area contributed by atoms with Gasteiger partial charge < -0.3 is 11.1 Å². The third-order valence-electron chi connectivity index (χ3n) is 2.15. The van der Waals surface area contributed by atoms with Crippen LogP contribution >= 0.6 is 12.6 Å². The Morgan fingerprint density at radius 2 is 2.15 bits per heavy atom. The zero-order chi connectivity index (χ0) is 9.42. The monoisotopic (exact) mass is 194 g/mol. The van der Waals surface area contributed by atoms with Crippen molar-refractivity contribution in [1.29, 1.82) is 0 Å². The minimum atomic E-state index is 0.0602. The van der Waals surface area contributed by atoms with Gasteiger partial charge in [-0.15, -0.1) is 12.6 Å². The Kier molecular flexibility index (Phi) is 1.92. The highest BCUT2D eigenvalue weighted by Gasteiger charge is 2.15. The number of benzene rings is 1. The Morgan fingerprint density at radius 3 is 2.92 bits per heavy atom.